The van der Waals surface area contributed by atoms with Crippen LogP contribution in [0.1, 0.15) is 47.6 Å². The van der Waals surface area contributed by atoms with Crippen molar-refractivity contribution in [2.45, 2.75) is 38.1 Å². The first-order chi connectivity index (χ1) is 16.7. The molecule has 0 bridgehead atoms. The van der Waals surface area contributed by atoms with Crippen molar-refractivity contribution in [2.75, 3.05) is 19.4 Å². The number of amides is 1. The van der Waals surface area contributed by atoms with Crippen LogP contribution in [0.15, 0.2) is 54.9 Å². The Morgan fingerprint density at radius 1 is 1.12 bits per heavy atom. The van der Waals surface area contributed by atoms with E-state index in [1.807, 2.05) is 28.9 Å². The Balaban J connectivity index is 1.31. The Morgan fingerprint density at radius 2 is 1.88 bits per heavy atom. The average Bonchev–Trinajstić information content (AvgIpc) is 3.53. The molecule has 34 heavy (non-hydrogen) atoms. The van der Waals surface area contributed by atoms with Crippen LogP contribution in [0, 0.1) is 0 Å². The molecule has 5 rings (SSSR count). The van der Waals surface area contributed by atoms with Gasteiger partial charge < -0.3 is 15.8 Å². The molecule has 1 aliphatic carbocycles. The predicted molar refractivity (Wildman–Crippen MR) is 132 cm³/mol. The Kier molecular flexibility index (Phi) is 6.12. The zero-order valence-corrected chi connectivity index (χ0v) is 19.2. The van der Waals surface area contributed by atoms with Gasteiger partial charge in [0, 0.05) is 12.1 Å². The number of benzene rings is 2. The Morgan fingerprint density at radius 3 is 2.65 bits per heavy atom. The third-order valence-corrected chi connectivity index (χ3v) is 6.47. The molecule has 0 spiro atoms. The maximum Gasteiger partial charge on any atom is 0.255 e. The van der Waals surface area contributed by atoms with Crippen LogP contribution in [0.25, 0.3) is 22.3 Å². The third kappa shape index (κ3) is 4.19. The van der Waals surface area contributed by atoms with Gasteiger partial charge in [-0.2, -0.15) is 5.10 Å². The molecule has 0 aliphatic heterocycles. The molecular weight excluding hydrogens is 428 g/mol. The molecule has 0 saturated heterocycles. The van der Waals surface area contributed by atoms with E-state index in [0.717, 1.165) is 40.7 Å². The Labute approximate surface area is 198 Å². The number of rotatable bonds is 7. The van der Waals surface area contributed by atoms with Crippen LogP contribution < -0.4 is 15.8 Å². The lowest BCUT2D eigenvalue weighted by molar-refractivity contribution is 0.0951. The Hall–Kier alpha value is -3.94. The van der Waals surface area contributed by atoms with E-state index < -0.39 is 0 Å². The minimum absolute atomic E-state index is 0.145. The average molecular weight is 457 g/mol. The second-order valence-corrected chi connectivity index (χ2v) is 8.59. The summed E-state index contributed by atoms with van der Waals surface area (Å²) < 4.78 is 7.31. The van der Waals surface area contributed by atoms with Crippen molar-refractivity contribution in [3.05, 3.63) is 66.0 Å². The smallest absolute Gasteiger partial charge is 0.255 e. The number of carbonyl (C=O) groups is 1. The summed E-state index contributed by atoms with van der Waals surface area (Å²) in [6.07, 6.45) is 6.87. The first-order valence-electron chi connectivity index (χ1n) is 11.6. The van der Waals surface area contributed by atoms with Crippen LogP contribution >= 0.6 is 0 Å². The number of hydrogen-bond donors (Lipinski definition) is 2. The van der Waals surface area contributed by atoms with Gasteiger partial charge in [0.1, 0.15) is 23.6 Å². The van der Waals surface area contributed by atoms with Gasteiger partial charge in [0.25, 0.3) is 5.91 Å². The monoisotopic (exact) mass is 456 g/mol. The highest BCUT2D eigenvalue weighted by Gasteiger charge is 2.24. The molecular formula is C26H28N6O2. The maximum atomic E-state index is 12.5. The van der Waals surface area contributed by atoms with Crippen LogP contribution in [-0.2, 0) is 6.42 Å². The van der Waals surface area contributed by atoms with E-state index in [1.54, 1.807) is 19.2 Å². The molecule has 4 aromatic rings. The molecule has 8 heteroatoms. The third-order valence-electron chi connectivity index (χ3n) is 6.47. The van der Waals surface area contributed by atoms with Crippen LogP contribution in [0.2, 0.25) is 0 Å². The van der Waals surface area contributed by atoms with E-state index >= 15 is 0 Å². The van der Waals surface area contributed by atoms with Gasteiger partial charge in [-0.25, -0.2) is 14.6 Å². The summed E-state index contributed by atoms with van der Waals surface area (Å²) in [7, 11) is 1.56. The lowest BCUT2D eigenvalue weighted by Gasteiger charge is -2.10. The van der Waals surface area contributed by atoms with E-state index in [9.17, 15) is 4.79 Å². The maximum absolute atomic E-state index is 12.5. The van der Waals surface area contributed by atoms with Crippen LogP contribution in [0.3, 0.4) is 0 Å². The van der Waals surface area contributed by atoms with Crippen molar-refractivity contribution >= 4 is 22.8 Å². The fourth-order valence-electron chi connectivity index (χ4n) is 4.68. The van der Waals surface area contributed by atoms with E-state index in [2.05, 4.69) is 27.4 Å². The first kappa shape index (κ1) is 21.9. The SMILES string of the molecule is COc1ccccc1C(=O)NCCc1ccc(-c2nn(C3CCCC3)c3ncnc(N)c23)cc1. The minimum atomic E-state index is -0.145. The number of nitrogens with one attached hydrogen (secondary N) is 1. The van der Waals surface area contributed by atoms with E-state index in [1.165, 1.54) is 19.2 Å². The molecule has 1 amide bonds. The largest absolute Gasteiger partial charge is 0.496 e. The quantitative estimate of drug-likeness (QED) is 0.432. The number of anilines is 1. The number of nitrogens with two attached hydrogens (primary N) is 1. The van der Waals surface area contributed by atoms with Gasteiger partial charge in [-0.1, -0.05) is 49.2 Å². The Bertz CT molecular complexity index is 1310. The molecule has 1 aliphatic rings. The summed E-state index contributed by atoms with van der Waals surface area (Å²) in [6, 6.07) is 15.8. The zero-order chi connectivity index (χ0) is 23.5. The summed E-state index contributed by atoms with van der Waals surface area (Å²) in [6.45, 7) is 0.524. The molecule has 2 aromatic heterocycles. The van der Waals surface area contributed by atoms with Crippen molar-refractivity contribution in [1.82, 2.24) is 25.1 Å². The highest BCUT2D eigenvalue weighted by atomic mass is 16.5. The molecule has 0 radical (unpaired) electrons. The molecule has 2 heterocycles. The highest BCUT2D eigenvalue weighted by Crippen LogP contribution is 2.36. The lowest BCUT2D eigenvalue weighted by atomic mass is 10.1. The standard InChI is InChI=1S/C26H28N6O2/c1-34-21-9-5-4-8-20(21)26(33)28-15-14-17-10-12-18(13-11-17)23-22-24(27)29-16-30-25(22)32(31-23)19-6-2-3-7-19/h4-5,8-13,16,19H,2-3,6-7,14-15H2,1H3,(H,28,33)(H2,27,29,30). The second-order valence-electron chi connectivity index (χ2n) is 8.59. The number of para-hydroxylation sites is 1. The summed E-state index contributed by atoms with van der Waals surface area (Å²) in [5.41, 5.74) is 10.5. The van der Waals surface area contributed by atoms with Gasteiger partial charge in [0.15, 0.2) is 5.65 Å². The fourth-order valence-corrected chi connectivity index (χ4v) is 4.68. The number of nitrogen functional groups attached to an aromatic ring is 1. The van der Waals surface area contributed by atoms with Gasteiger partial charge in [0.2, 0.25) is 0 Å². The summed E-state index contributed by atoms with van der Waals surface area (Å²) >= 11 is 0. The predicted octanol–water partition coefficient (Wildman–Crippen LogP) is 4.17. The van der Waals surface area contributed by atoms with Crippen molar-refractivity contribution in [3.8, 4) is 17.0 Å². The molecule has 1 saturated carbocycles. The van der Waals surface area contributed by atoms with Gasteiger partial charge in [-0.05, 0) is 37.0 Å². The number of carbonyl (C=O) groups excluding carboxylic acids is 1. The zero-order valence-electron chi connectivity index (χ0n) is 19.2. The fraction of sp³-hybridized carbons (Fsp3) is 0.308. The number of fused-ring (bicyclic) bond motifs is 1. The minimum Gasteiger partial charge on any atom is -0.496 e. The highest BCUT2D eigenvalue weighted by molar-refractivity contribution is 5.98. The first-order valence-corrected chi connectivity index (χ1v) is 11.6. The molecule has 3 N–H and O–H groups in total. The number of hydrogen-bond acceptors (Lipinski definition) is 6. The van der Waals surface area contributed by atoms with Crippen molar-refractivity contribution in [3.63, 3.8) is 0 Å². The van der Waals surface area contributed by atoms with E-state index in [-0.39, 0.29) is 5.91 Å². The van der Waals surface area contributed by atoms with Gasteiger partial charge in [-0.15, -0.1) is 0 Å². The van der Waals surface area contributed by atoms with Crippen LogP contribution in [-0.4, -0.2) is 39.3 Å². The molecule has 0 unspecified atom stereocenters. The van der Waals surface area contributed by atoms with E-state index in [4.69, 9.17) is 15.6 Å². The summed E-state index contributed by atoms with van der Waals surface area (Å²) in [4.78, 5) is 21.2. The second kappa shape index (κ2) is 9.51. The van der Waals surface area contributed by atoms with Gasteiger partial charge >= 0.3 is 0 Å². The van der Waals surface area contributed by atoms with Crippen molar-refractivity contribution < 1.29 is 9.53 Å². The number of ether oxygens (including phenoxy) is 1. The van der Waals surface area contributed by atoms with Crippen molar-refractivity contribution in [2.24, 2.45) is 0 Å². The van der Waals surface area contributed by atoms with Gasteiger partial charge in [0.05, 0.1) is 24.1 Å². The normalized spacial score (nSPS) is 13.9. The molecule has 2 aromatic carbocycles. The van der Waals surface area contributed by atoms with Crippen LogP contribution in [0.5, 0.6) is 5.75 Å². The van der Waals surface area contributed by atoms with Gasteiger partial charge in [-0.3, -0.25) is 4.79 Å². The van der Waals surface area contributed by atoms with Crippen LogP contribution in [0.4, 0.5) is 5.82 Å². The summed E-state index contributed by atoms with van der Waals surface area (Å²) in [5.74, 6) is 0.873. The van der Waals surface area contributed by atoms with Crippen molar-refractivity contribution in [1.29, 1.82) is 0 Å². The molecule has 8 nitrogen and oxygen atoms in total. The molecule has 1 fully saturated rings. The number of methoxy groups -OCH3 is 1. The number of nitrogens with zero attached hydrogens (tertiary/aromatic N) is 4. The lowest BCUT2D eigenvalue weighted by Crippen LogP contribution is -2.26. The summed E-state index contributed by atoms with van der Waals surface area (Å²) in [5, 5.41) is 8.71. The topological polar surface area (TPSA) is 108 Å². The molecule has 0 atom stereocenters. The van der Waals surface area contributed by atoms with E-state index in [0.29, 0.717) is 36.1 Å². The number of aromatic nitrogens is 4. The molecule has 174 valence electrons.